The van der Waals surface area contributed by atoms with E-state index in [9.17, 15) is 4.79 Å². The van der Waals surface area contributed by atoms with Gasteiger partial charge in [-0.05, 0) is 51.7 Å². The fourth-order valence-corrected chi connectivity index (χ4v) is 2.66. The second kappa shape index (κ2) is 7.68. The third-order valence-electron chi connectivity index (χ3n) is 4.06. The van der Waals surface area contributed by atoms with Crippen LogP contribution in [0, 0.1) is 0 Å². The highest BCUT2D eigenvalue weighted by Gasteiger charge is 2.28. The van der Waals surface area contributed by atoms with Gasteiger partial charge in [0.25, 0.3) is 0 Å². The van der Waals surface area contributed by atoms with Crippen molar-refractivity contribution in [2.75, 3.05) is 25.6 Å². The maximum atomic E-state index is 12.2. The molecule has 23 heavy (non-hydrogen) atoms. The lowest BCUT2D eigenvalue weighted by Crippen LogP contribution is -2.39. The Balaban J connectivity index is 1.99. The second-order valence-corrected chi connectivity index (χ2v) is 6.66. The topological polar surface area (TPSA) is 59.6 Å². The van der Waals surface area contributed by atoms with Crippen LogP contribution in [-0.2, 0) is 16.0 Å². The van der Waals surface area contributed by atoms with Gasteiger partial charge in [0.2, 0.25) is 5.91 Å². The average Bonchev–Trinajstić information content (AvgIpc) is 2.51. The molecule has 1 aliphatic heterocycles. The number of carbonyl (C=O) groups is 1. The number of ether oxygens (including phenoxy) is 2. The Morgan fingerprint density at radius 2 is 2.22 bits per heavy atom. The maximum absolute atomic E-state index is 12.2. The van der Waals surface area contributed by atoms with Crippen LogP contribution in [0.3, 0.4) is 0 Å². The lowest BCUT2D eigenvalue weighted by Gasteiger charge is -2.34. The lowest BCUT2D eigenvalue weighted by molar-refractivity contribution is -0.121. The summed E-state index contributed by atoms with van der Waals surface area (Å²) >= 11 is 0. The molecule has 1 aliphatic rings. The first kappa shape index (κ1) is 17.6. The number of nitrogens with one attached hydrogen (secondary N) is 2. The molecule has 1 aromatic rings. The van der Waals surface area contributed by atoms with E-state index in [1.54, 1.807) is 7.11 Å². The first-order valence-corrected chi connectivity index (χ1v) is 8.27. The number of anilines is 1. The normalized spacial score (nSPS) is 16.9. The van der Waals surface area contributed by atoms with Gasteiger partial charge in [0.05, 0.1) is 5.69 Å². The summed E-state index contributed by atoms with van der Waals surface area (Å²) in [4.78, 5) is 12.2. The number of para-hydroxylation sites is 1. The van der Waals surface area contributed by atoms with Gasteiger partial charge in [-0.25, -0.2) is 0 Å². The van der Waals surface area contributed by atoms with E-state index in [4.69, 9.17) is 9.47 Å². The van der Waals surface area contributed by atoms with Crippen LogP contribution in [-0.4, -0.2) is 37.8 Å². The zero-order valence-corrected chi connectivity index (χ0v) is 14.6. The van der Waals surface area contributed by atoms with E-state index in [1.807, 2.05) is 19.1 Å². The fourth-order valence-electron chi connectivity index (χ4n) is 2.66. The number of aryl methyl sites for hydroxylation is 1. The molecule has 1 amide bonds. The minimum atomic E-state index is -0.322. The van der Waals surface area contributed by atoms with Crippen LogP contribution in [0.15, 0.2) is 18.2 Å². The van der Waals surface area contributed by atoms with Gasteiger partial charge >= 0.3 is 0 Å². The molecule has 0 saturated carbocycles. The van der Waals surface area contributed by atoms with Gasteiger partial charge in [0.1, 0.15) is 17.4 Å². The SMILES string of the molecule is COCCCNC(=O)C(C)Nc1cccc2c1OC(C)(C)CC2. The van der Waals surface area contributed by atoms with E-state index in [0.29, 0.717) is 13.2 Å². The van der Waals surface area contributed by atoms with Crippen LogP contribution >= 0.6 is 0 Å². The summed E-state index contributed by atoms with van der Waals surface area (Å²) in [6.45, 7) is 7.32. The summed E-state index contributed by atoms with van der Waals surface area (Å²) in [6.07, 6.45) is 2.81. The predicted molar refractivity (Wildman–Crippen MR) is 92.1 cm³/mol. The van der Waals surface area contributed by atoms with Crippen molar-refractivity contribution in [1.29, 1.82) is 0 Å². The highest BCUT2D eigenvalue weighted by molar-refractivity contribution is 5.84. The van der Waals surface area contributed by atoms with Crippen LogP contribution in [0.4, 0.5) is 5.69 Å². The van der Waals surface area contributed by atoms with E-state index in [-0.39, 0.29) is 17.6 Å². The largest absolute Gasteiger partial charge is 0.485 e. The van der Waals surface area contributed by atoms with Crippen LogP contribution in [0.1, 0.15) is 39.2 Å². The molecule has 1 atom stereocenters. The summed E-state index contributed by atoms with van der Waals surface area (Å²) in [7, 11) is 1.66. The van der Waals surface area contributed by atoms with Crippen LogP contribution in [0.25, 0.3) is 0 Å². The predicted octanol–water partition coefficient (Wildman–Crippen LogP) is 2.74. The van der Waals surface area contributed by atoms with E-state index in [0.717, 1.165) is 30.7 Å². The monoisotopic (exact) mass is 320 g/mol. The smallest absolute Gasteiger partial charge is 0.242 e. The Morgan fingerprint density at radius 3 is 2.96 bits per heavy atom. The number of carbonyl (C=O) groups excluding carboxylic acids is 1. The molecule has 1 unspecified atom stereocenters. The van der Waals surface area contributed by atoms with E-state index < -0.39 is 0 Å². The molecule has 0 bridgehead atoms. The number of rotatable bonds is 7. The maximum Gasteiger partial charge on any atom is 0.242 e. The average molecular weight is 320 g/mol. The van der Waals surface area contributed by atoms with Crippen molar-refractivity contribution in [3.05, 3.63) is 23.8 Å². The van der Waals surface area contributed by atoms with Crippen molar-refractivity contribution in [3.63, 3.8) is 0 Å². The molecule has 1 heterocycles. The van der Waals surface area contributed by atoms with Gasteiger partial charge in [-0.3, -0.25) is 4.79 Å². The van der Waals surface area contributed by atoms with Gasteiger partial charge in [0.15, 0.2) is 0 Å². The molecule has 0 saturated heterocycles. The van der Waals surface area contributed by atoms with Gasteiger partial charge in [-0.1, -0.05) is 12.1 Å². The van der Waals surface area contributed by atoms with Gasteiger partial charge in [-0.15, -0.1) is 0 Å². The second-order valence-electron chi connectivity index (χ2n) is 6.66. The lowest BCUT2D eigenvalue weighted by atomic mass is 9.94. The minimum absolute atomic E-state index is 0.0197. The summed E-state index contributed by atoms with van der Waals surface area (Å²) < 4.78 is 11.1. The van der Waals surface area contributed by atoms with Crippen molar-refractivity contribution in [2.45, 2.75) is 51.7 Å². The molecule has 128 valence electrons. The zero-order chi connectivity index (χ0) is 16.9. The summed E-state index contributed by atoms with van der Waals surface area (Å²) in [6, 6.07) is 5.74. The standard InChI is InChI=1S/C18H28N2O3/c1-13(17(21)19-11-6-12-22-4)20-15-8-5-7-14-9-10-18(2,3)23-16(14)15/h5,7-8,13,20H,6,9-12H2,1-4H3,(H,19,21). The molecule has 0 aliphatic carbocycles. The van der Waals surface area contributed by atoms with Crippen molar-refractivity contribution in [3.8, 4) is 5.75 Å². The van der Waals surface area contributed by atoms with Crippen molar-refractivity contribution < 1.29 is 14.3 Å². The Morgan fingerprint density at radius 1 is 1.43 bits per heavy atom. The third kappa shape index (κ3) is 4.86. The van der Waals surface area contributed by atoms with Crippen molar-refractivity contribution >= 4 is 11.6 Å². The molecule has 0 spiro atoms. The Bertz CT molecular complexity index is 543. The van der Waals surface area contributed by atoms with Crippen LogP contribution in [0.2, 0.25) is 0 Å². The van der Waals surface area contributed by atoms with Gasteiger partial charge in [-0.2, -0.15) is 0 Å². The van der Waals surface area contributed by atoms with Crippen molar-refractivity contribution in [2.24, 2.45) is 0 Å². The number of hydrogen-bond acceptors (Lipinski definition) is 4. The summed E-state index contributed by atoms with van der Waals surface area (Å²) in [5.74, 6) is 0.858. The molecule has 5 heteroatoms. The highest BCUT2D eigenvalue weighted by Crippen LogP contribution is 2.38. The van der Waals surface area contributed by atoms with Gasteiger partial charge < -0.3 is 20.1 Å². The molecular weight excluding hydrogens is 292 g/mol. The fraction of sp³-hybridized carbons (Fsp3) is 0.611. The Kier molecular flexibility index (Phi) is 5.88. The minimum Gasteiger partial charge on any atom is -0.485 e. The van der Waals surface area contributed by atoms with E-state index >= 15 is 0 Å². The number of hydrogen-bond donors (Lipinski definition) is 2. The molecule has 0 aromatic heterocycles. The molecule has 5 nitrogen and oxygen atoms in total. The molecule has 2 N–H and O–H groups in total. The number of fused-ring (bicyclic) bond motifs is 1. The highest BCUT2D eigenvalue weighted by atomic mass is 16.5. The zero-order valence-electron chi connectivity index (χ0n) is 14.6. The molecule has 2 rings (SSSR count). The first-order chi connectivity index (χ1) is 10.9. The summed E-state index contributed by atoms with van der Waals surface area (Å²) in [5.41, 5.74) is 1.91. The number of benzene rings is 1. The molecule has 0 radical (unpaired) electrons. The first-order valence-electron chi connectivity index (χ1n) is 8.27. The van der Waals surface area contributed by atoms with E-state index in [2.05, 4.69) is 30.5 Å². The van der Waals surface area contributed by atoms with Gasteiger partial charge in [0, 0.05) is 20.3 Å². The van der Waals surface area contributed by atoms with E-state index in [1.165, 1.54) is 5.56 Å². The third-order valence-corrected chi connectivity index (χ3v) is 4.06. The molecular formula is C18H28N2O3. The molecule has 0 fully saturated rings. The number of amides is 1. The quantitative estimate of drug-likeness (QED) is 0.759. The summed E-state index contributed by atoms with van der Waals surface area (Å²) in [5, 5.41) is 6.19. The Labute approximate surface area is 138 Å². The number of methoxy groups -OCH3 is 1. The van der Waals surface area contributed by atoms with Crippen molar-refractivity contribution in [1.82, 2.24) is 5.32 Å². The molecule has 1 aromatic carbocycles. The van der Waals surface area contributed by atoms with Crippen LogP contribution in [0.5, 0.6) is 5.75 Å². The Hall–Kier alpha value is -1.75. The van der Waals surface area contributed by atoms with Crippen LogP contribution < -0.4 is 15.4 Å².